The first-order chi connectivity index (χ1) is 16.9. The van der Waals surface area contributed by atoms with Crippen molar-refractivity contribution in [3.8, 4) is 0 Å². The number of ether oxygens (including phenoxy) is 5. The highest BCUT2D eigenvalue weighted by molar-refractivity contribution is 6.74. The Hall–Kier alpha value is -1.00. The van der Waals surface area contributed by atoms with E-state index in [1.807, 2.05) is 27.7 Å². The van der Waals surface area contributed by atoms with Crippen LogP contribution in [0.5, 0.6) is 0 Å². The first-order valence-electron chi connectivity index (χ1n) is 13.8. The Balaban J connectivity index is 2.30. The van der Waals surface area contributed by atoms with Crippen LogP contribution in [0.15, 0.2) is 0 Å². The molecular formula is C28H52O8Si. The summed E-state index contributed by atoms with van der Waals surface area (Å²) >= 11 is 0. The fraction of sp³-hybridized carbons (Fsp3) is 0.929. The molecular weight excluding hydrogens is 492 g/mol. The van der Waals surface area contributed by atoms with E-state index in [0.29, 0.717) is 38.5 Å². The average molecular weight is 545 g/mol. The van der Waals surface area contributed by atoms with Gasteiger partial charge in [-0.2, -0.15) is 0 Å². The van der Waals surface area contributed by atoms with Gasteiger partial charge in [-0.25, -0.2) is 0 Å². The highest BCUT2D eigenvalue weighted by Gasteiger charge is 2.51. The summed E-state index contributed by atoms with van der Waals surface area (Å²) in [4.78, 5) is 24.1. The van der Waals surface area contributed by atoms with Gasteiger partial charge in [-0.05, 0) is 45.3 Å². The van der Waals surface area contributed by atoms with Crippen LogP contribution in [-0.4, -0.2) is 70.3 Å². The number of carbonyl (C=O) groups excluding carboxylic acids is 2. The number of carbonyl (C=O) groups is 2. The molecule has 2 rings (SSSR count). The zero-order valence-corrected chi connectivity index (χ0v) is 26.1. The van der Waals surface area contributed by atoms with E-state index in [9.17, 15) is 9.59 Å². The molecule has 0 saturated carbocycles. The Kier molecular flexibility index (Phi) is 10.8. The second kappa shape index (κ2) is 12.5. The molecule has 37 heavy (non-hydrogen) atoms. The van der Waals surface area contributed by atoms with Crippen LogP contribution in [0.2, 0.25) is 18.1 Å². The maximum Gasteiger partial charge on any atom is 0.311 e. The fourth-order valence-electron chi connectivity index (χ4n) is 4.77. The first kappa shape index (κ1) is 32.2. The molecule has 0 aliphatic carbocycles. The molecule has 0 aromatic rings. The highest BCUT2D eigenvalue weighted by atomic mass is 28.4. The quantitative estimate of drug-likeness (QED) is 0.267. The van der Waals surface area contributed by atoms with E-state index in [-0.39, 0.29) is 54.1 Å². The van der Waals surface area contributed by atoms with Crippen molar-refractivity contribution >= 4 is 20.3 Å². The van der Waals surface area contributed by atoms with Crippen molar-refractivity contribution in [3.63, 3.8) is 0 Å². The van der Waals surface area contributed by atoms with E-state index in [1.54, 1.807) is 7.11 Å². The Morgan fingerprint density at radius 3 is 2.08 bits per heavy atom. The van der Waals surface area contributed by atoms with Crippen molar-refractivity contribution < 1.29 is 37.7 Å². The molecule has 0 aromatic heterocycles. The van der Waals surface area contributed by atoms with Crippen LogP contribution in [0.25, 0.3) is 0 Å². The second-order valence-electron chi connectivity index (χ2n) is 13.4. The van der Waals surface area contributed by atoms with Gasteiger partial charge in [0.05, 0.1) is 29.8 Å². The lowest BCUT2D eigenvalue weighted by atomic mass is 9.88. The number of esters is 2. The number of methoxy groups -OCH3 is 1. The van der Waals surface area contributed by atoms with Crippen molar-refractivity contribution in [2.45, 2.75) is 148 Å². The van der Waals surface area contributed by atoms with Gasteiger partial charge >= 0.3 is 11.9 Å². The van der Waals surface area contributed by atoms with E-state index in [1.165, 1.54) is 6.92 Å². The minimum atomic E-state index is -2.08. The number of rotatable bonds is 9. The highest BCUT2D eigenvalue weighted by Crippen LogP contribution is 2.45. The minimum Gasteiger partial charge on any atom is -0.463 e. The third-order valence-corrected chi connectivity index (χ3v) is 12.4. The van der Waals surface area contributed by atoms with Gasteiger partial charge in [0.15, 0.2) is 14.1 Å². The Morgan fingerprint density at radius 1 is 1.00 bits per heavy atom. The molecule has 6 atom stereocenters. The summed E-state index contributed by atoms with van der Waals surface area (Å²) in [7, 11) is -0.370. The largest absolute Gasteiger partial charge is 0.463 e. The summed E-state index contributed by atoms with van der Waals surface area (Å²) in [5.74, 6) is -1.48. The molecule has 1 spiro atoms. The van der Waals surface area contributed by atoms with Crippen molar-refractivity contribution in [2.75, 3.05) is 13.7 Å². The van der Waals surface area contributed by atoms with Crippen LogP contribution in [-0.2, 0) is 37.7 Å². The zero-order valence-electron chi connectivity index (χ0n) is 25.1. The second-order valence-corrected chi connectivity index (χ2v) is 18.1. The van der Waals surface area contributed by atoms with E-state index < -0.39 is 19.5 Å². The summed E-state index contributed by atoms with van der Waals surface area (Å²) in [5, 5.41) is 0.0517. The standard InChI is InChI=1S/C28H52O8Si/c1-12-20(33-19(2)29)13-21-14-22(31-9)16-28(34-21)17-23(36-37(10,11)27(6,7)8)15-24(35-28)18-32-25(30)26(3,4)5/h20-24H,12-18H2,1-11H3/t20?,21-,22+,23+,24-,28-/m1/s1. The summed E-state index contributed by atoms with van der Waals surface area (Å²) in [6.45, 7) is 20.3. The van der Waals surface area contributed by atoms with E-state index in [4.69, 9.17) is 28.1 Å². The van der Waals surface area contributed by atoms with Crippen LogP contribution in [0, 0.1) is 5.41 Å². The summed E-state index contributed by atoms with van der Waals surface area (Å²) in [6, 6.07) is 0. The van der Waals surface area contributed by atoms with E-state index >= 15 is 0 Å². The smallest absolute Gasteiger partial charge is 0.311 e. The number of hydrogen-bond donors (Lipinski definition) is 0. The summed E-state index contributed by atoms with van der Waals surface area (Å²) in [5.41, 5.74) is -0.594. The Labute approximate surface area is 225 Å². The van der Waals surface area contributed by atoms with Gasteiger partial charge < -0.3 is 28.1 Å². The van der Waals surface area contributed by atoms with Crippen molar-refractivity contribution in [3.05, 3.63) is 0 Å². The Morgan fingerprint density at radius 2 is 1.57 bits per heavy atom. The van der Waals surface area contributed by atoms with Gasteiger partial charge in [-0.15, -0.1) is 0 Å². The average Bonchev–Trinajstić information content (AvgIpc) is 2.74. The molecule has 0 radical (unpaired) electrons. The molecule has 1 unspecified atom stereocenters. The van der Waals surface area contributed by atoms with Crippen LogP contribution in [0.1, 0.15) is 93.9 Å². The maximum absolute atomic E-state index is 12.5. The molecule has 8 nitrogen and oxygen atoms in total. The predicted molar refractivity (Wildman–Crippen MR) is 145 cm³/mol. The van der Waals surface area contributed by atoms with Gasteiger partial charge in [-0.3, -0.25) is 9.59 Å². The molecule has 2 heterocycles. The van der Waals surface area contributed by atoms with Gasteiger partial charge in [0.2, 0.25) is 0 Å². The van der Waals surface area contributed by atoms with Crippen molar-refractivity contribution in [1.82, 2.24) is 0 Å². The van der Waals surface area contributed by atoms with Gasteiger partial charge in [0.25, 0.3) is 0 Å². The van der Waals surface area contributed by atoms with E-state index in [0.717, 1.165) is 0 Å². The van der Waals surface area contributed by atoms with Crippen LogP contribution in [0.4, 0.5) is 0 Å². The monoisotopic (exact) mass is 544 g/mol. The van der Waals surface area contributed by atoms with E-state index in [2.05, 4.69) is 33.9 Å². The molecule has 0 N–H and O–H groups in total. The van der Waals surface area contributed by atoms with Gasteiger partial charge in [0.1, 0.15) is 12.7 Å². The predicted octanol–water partition coefficient (Wildman–Crippen LogP) is 5.77. The lowest BCUT2D eigenvalue weighted by Gasteiger charge is -2.51. The molecule has 2 fully saturated rings. The molecule has 2 aliphatic heterocycles. The van der Waals surface area contributed by atoms with Crippen LogP contribution < -0.4 is 0 Å². The lowest BCUT2D eigenvalue weighted by Crippen LogP contribution is -2.58. The zero-order chi connectivity index (χ0) is 28.2. The van der Waals surface area contributed by atoms with Gasteiger partial charge in [-0.1, -0.05) is 27.7 Å². The normalized spacial score (nSPS) is 30.1. The SMILES string of the molecule is CCC(C[C@@H]1C[C@H](OC)C[C@@]2(C[C@@H](O[Si](C)(C)C(C)(C)C)C[C@H](COC(=O)C(C)(C)C)O2)O1)OC(C)=O. The molecule has 2 saturated heterocycles. The molecule has 0 bridgehead atoms. The number of hydrogen-bond acceptors (Lipinski definition) is 8. The van der Waals surface area contributed by atoms with Crippen LogP contribution in [0.3, 0.4) is 0 Å². The fourth-order valence-corrected chi connectivity index (χ4v) is 6.14. The van der Waals surface area contributed by atoms with Gasteiger partial charge in [0, 0.05) is 46.1 Å². The minimum absolute atomic E-state index is 0.0517. The third-order valence-electron chi connectivity index (χ3n) is 7.82. The molecule has 2 aliphatic rings. The van der Waals surface area contributed by atoms with Crippen LogP contribution >= 0.6 is 0 Å². The summed E-state index contributed by atoms with van der Waals surface area (Å²) < 4.78 is 37.2. The lowest BCUT2D eigenvalue weighted by molar-refractivity contribution is -0.343. The molecule has 0 amide bonds. The molecule has 0 aromatic carbocycles. The first-order valence-corrected chi connectivity index (χ1v) is 16.7. The van der Waals surface area contributed by atoms with Crippen molar-refractivity contribution in [2.24, 2.45) is 5.41 Å². The topological polar surface area (TPSA) is 89.5 Å². The Bertz CT molecular complexity index is 771. The molecule has 9 heteroatoms. The third kappa shape index (κ3) is 9.30. The maximum atomic E-state index is 12.5. The summed E-state index contributed by atoms with van der Waals surface area (Å²) in [6.07, 6.45) is 2.76. The molecule has 216 valence electrons. The van der Waals surface area contributed by atoms with Crippen molar-refractivity contribution in [1.29, 1.82) is 0 Å².